The molecular weight excluding hydrogens is 428 g/mol. The molecule has 0 radical (unpaired) electrons. The molecule has 3 heterocycles. The van der Waals surface area contributed by atoms with E-state index >= 15 is 0 Å². The molecule has 0 unspecified atom stereocenters. The molecular formula is C26H29N6O2+. The number of ether oxygens (including phenoxy) is 2. The van der Waals surface area contributed by atoms with Crippen molar-refractivity contribution < 1.29 is 14.8 Å². The van der Waals surface area contributed by atoms with Gasteiger partial charge in [-0.25, -0.2) is 9.97 Å². The molecule has 8 nitrogen and oxygen atoms in total. The van der Waals surface area contributed by atoms with Gasteiger partial charge in [0.2, 0.25) is 5.95 Å². The zero-order valence-corrected chi connectivity index (χ0v) is 19.4. The summed E-state index contributed by atoms with van der Waals surface area (Å²) in [5, 5.41) is 14.8. The summed E-state index contributed by atoms with van der Waals surface area (Å²) in [6, 6.07) is 20.4. The van der Waals surface area contributed by atoms with E-state index in [1.807, 2.05) is 44.4 Å². The number of rotatable bonds is 7. The Labute approximate surface area is 199 Å². The van der Waals surface area contributed by atoms with E-state index in [4.69, 9.17) is 19.7 Å². The Bertz CT molecular complexity index is 1180. The van der Waals surface area contributed by atoms with E-state index in [9.17, 15) is 0 Å². The highest BCUT2D eigenvalue weighted by Gasteiger charge is 2.49. The Morgan fingerprint density at radius 3 is 2.71 bits per heavy atom. The maximum atomic E-state index is 9.11. The summed E-state index contributed by atoms with van der Waals surface area (Å²) in [4.78, 5) is 11.2. The SMILES string of the molecule is CN(C)c1ccc(-c2ccnc(N[C@H]3CO[C@H]4[C@@H]3OC[C@@H]4[NH2+]Cc3cccc(C#N)c3)n2)cc1. The zero-order valence-electron chi connectivity index (χ0n) is 19.4. The van der Waals surface area contributed by atoms with E-state index in [0.717, 1.165) is 29.1 Å². The molecule has 0 aliphatic carbocycles. The Balaban J connectivity index is 1.20. The summed E-state index contributed by atoms with van der Waals surface area (Å²) in [5.41, 5.74) is 4.87. The van der Waals surface area contributed by atoms with Crippen molar-refractivity contribution >= 4 is 11.6 Å². The van der Waals surface area contributed by atoms with Crippen LogP contribution in [0.2, 0.25) is 0 Å². The fourth-order valence-corrected chi connectivity index (χ4v) is 4.60. The number of benzene rings is 2. The first-order valence-corrected chi connectivity index (χ1v) is 11.5. The van der Waals surface area contributed by atoms with Crippen LogP contribution in [0.25, 0.3) is 11.3 Å². The molecule has 0 amide bonds. The Hall–Kier alpha value is -3.51. The molecule has 174 valence electrons. The summed E-state index contributed by atoms with van der Waals surface area (Å²) >= 11 is 0. The third-order valence-electron chi connectivity index (χ3n) is 6.45. The maximum Gasteiger partial charge on any atom is 0.223 e. The van der Waals surface area contributed by atoms with Crippen molar-refractivity contribution in [3.63, 3.8) is 0 Å². The van der Waals surface area contributed by atoms with Crippen molar-refractivity contribution in [2.45, 2.75) is 30.8 Å². The van der Waals surface area contributed by atoms with Crippen LogP contribution in [-0.4, -0.2) is 61.6 Å². The number of nitrogens with zero attached hydrogens (tertiary/aromatic N) is 4. The fraction of sp³-hybridized carbons (Fsp3) is 0.346. The van der Waals surface area contributed by atoms with Crippen LogP contribution in [0.15, 0.2) is 60.8 Å². The molecule has 2 aliphatic heterocycles. The van der Waals surface area contributed by atoms with Gasteiger partial charge in [0, 0.05) is 37.1 Å². The van der Waals surface area contributed by atoms with Crippen LogP contribution in [0.5, 0.6) is 0 Å². The van der Waals surface area contributed by atoms with Crippen molar-refractivity contribution in [3.05, 3.63) is 71.9 Å². The van der Waals surface area contributed by atoms with Crippen molar-refractivity contribution in [1.82, 2.24) is 9.97 Å². The molecule has 2 aliphatic rings. The normalized spacial score (nSPS) is 23.3. The first-order chi connectivity index (χ1) is 16.6. The quantitative estimate of drug-likeness (QED) is 0.558. The Kier molecular flexibility index (Phi) is 6.41. The number of anilines is 2. The highest BCUT2D eigenvalue weighted by Crippen LogP contribution is 2.28. The van der Waals surface area contributed by atoms with Crippen molar-refractivity contribution in [2.24, 2.45) is 0 Å². The Morgan fingerprint density at radius 1 is 1.09 bits per heavy atom. The first-order valence-electron chi connectivity index (χ1n) is 11.5. The molecule has 0 spiro atoms. The fourth-order valence-electron chi connectivity index (χ4n) is 4.60. The number of fused-ring (bicyclic) bond motifs is 1. The van der Waals surface area contributed by atoms with Gasteiger partial charge < -0.3 is 25.0 Å². The number of nitriles is 1. The van der Waals surface area contributed by atoms with Gasteiger partial charge in [-0.15, -0.1) is 0 Å². The molecule has 0 saturated carbocycles. The van der Waals surface area contributed by atoms with E-state index in [-0.39, 0.29) is 24.3 Å². The first kappa shape index (κ1) is 22.3. The molecule has 3 aromatic rings. The van der Waals surface area contributed by atoms with Gasteiger partial charge in [0.1, 0.15) is 31.4 Å². The molecule has 5 rings (SSSR count). The second kappa shape index (κ2) is 9.77. The molecule has 34 heavy (non-hydrogen) atoms. The average molecular weight is 458 g/mol. The lowest BCUT2D eigenvalue weighted by molar-refractivity contribution is -0.707. The standard InChI is InChI=1S/C26H28N6O2/c1-32(2)20-8-6-19(7-9-20)21-10-11-28-26(30-21)31-23-16-34-24-22(15-33-25(23)24)29-14-18-5-3-4-17(12-18)13-27/h3-12,22-25,29H,14-16H2,1-2H3,(H,28,30,31)/p+1/t22-,23-,24+,25+/m0/s1. The highest BCUT2D eigenvalue weighted by atomic mass is 16.6. The summed E-state index contributed by atoms with van der Waals surface area (Å²) in [5.74, 6) is 0.577. The lowest BCUT2D eigenvalue weighted by atomic mass is 10.1. The van der Waals surface area contributed by atoms with E-state index in [0.29, 0.717) is 24.7 Å². The van der Waals surface area contributed by atoms with Gasteiger partial charge in [0.15, 0.2) is 0 Å². The van der Waals surface area contributed by atoms with Gasteiger partial charge in [-0.3, -0.25) is 0 Å². The predicted molar refractivity (Wildman–Crippen MR) is 129 cm³/mol. The summed E-state index contributed by atoms with van der Waals surface area (Å²) in [7, 11) is 4.05. The minimum Gasteiger partial charge on any atom is -0.378 e. The van der Waals surface area contributed by atoms with E-state index in [2.05, 4.69) is 50.9 Å². The van der Waals surface area contributed by atoms with Crippen LogP contribution >= 0.6 is 0 Å². The number of nitrogens with two attached hydrogens (primary N) is 1. The third-order valence-corrected chi connectivity index (χ3v) is 6.45. The number of hydrogen-bond acceptors (Lipinski definition) is 7. The molecule has 2 fully saturated rings. The maximum absolute atomic E-state index is 9.11. The van der Waals surface area contributed by atoms with Gasteiger partial charge in [0.25, 0.3) is 0 Å². The molecule has 0 bridgehead atoms. The molecule has 2 saturated heterocycles. The van der Waals surface area contributed by atoms with E-state index in [1.54, 1.807) is 6.20 Å². The monoisotopic (exact) mass is 457 g/mol. The zero-order chi connectivity index (χ0) is 23.5. The van der Waals surface area contributed by atoms with Gasteiger partial charge >= 0.3 is 0 Å². The average Bonchev–Trinajstić information content (AvgIpc) is 3.46. The van der Waals surface area contributed by atoms with Crippen LogP contribution in [0, 0.1) is 11.3 Å². The lowest BCUT2D eigenvalue weighted by Crippen LogP contribution is -2.91. The second-order valence-corrected chi connectivity index (χ2v) is 8.97. The smallest absolute Gasteiger partial charge is 0.223 e. The van der Waals surface area contributed by atoms with Crippen LogP contribution in [0.4, 0.5) is 11.6 Å². The van der Waals surface area contributed by atoms with Gasteiger partial charge in [-0.2, -0.15) is 5.26 Å². The number of quaternary nitrogens is 1. The third kappa shape index (κ3) is 4.73. The topological polar surface area (TPSA) is 99.9 Å². The van der Waals surface area contributed by atoms with Crippen molar-refractivity contribution in [1.29, 1.82) is 5.26 Å². The van der Waals surface area contributed by atoms with Crippen LogP contribution in [-0.2, 0) is 16.0 Å². The second-order valence-electron chi connectivity index (χ2n) is 8.97. The van der Waals surface area contributed by atoms with Crippen molar-refractivity contribution in [3.8, 4) is 17.3 Å². The van der Waals surface area contributed by atoms with Crippen LogP contribution in [0.3, 0.4) is 0 Å². The van der Waals surface area contributed by atoms with Crippen LogP contribution < -0.4 is 15.5 Å². The number of nitrogens with one attached hydrogen (secondary N) is 1. The van der Waals surface area contributed by atoms with E-state index in [1.165, 1.54) is 0 Å². The molecule has 8 heteroatoms. The molecule has 4 atom stereocenters. The highest BCUT2D eigenvalue weighted by molar-refractivity contribution is 5.63. The summed E-state index contributed by atoms with van der Waals surface area (Å²) < 4.78 is 12.3. The summed E-state index contributed by atoms with van der Waals surface area (Å²) in [6.45, 7) is 1.96. The Morgan fingerprint density at radius 2 is 1.91 bits per heavy atom. The van der Waals surface area contributed by atoms with Crippen LogP contribution in [0.1, 0.15) is 11.1 Å². The molecule has 1 aromatic heterocycles. The largest absolute Gasteiger partial charge is 0.378 e. The molecule has 3 N–H and O–H groups in total. The number of aromatic nitrogens is 2. The lowest BCUT2D eigenvalue weighted by Gasteiger charge is -2.17. The van der Waals surface area contributed by atoms with Gasteiger partial charge in [-0.1, -0.05) is 24.3 Å². The number of hydrogen-bond donors (Lipinski definition) is 2. The minimum absolute atomic E-state index is 0.00307. The van der Waals surface area contributed by atoms with E-state index < -0.39 is 0 Å². The minimum atomic E-state index is -0.0432. The van der Waals surface area contributed by atoms with Gasteiger partial charge in [-0.05, 0) is 30.3 Å². The van der Waals surface area contributed by atoms with Gasteiger partial charge in [0.05, 0.1) is 30.0 Å². The predicted octanol–water partition coefficient (Wildman–Crippen LogP) is 1.79. The molecule has 2 aromatic carbocycles. The summed E-state index contributed by atoms with van der Waals surface area (Å²) in [6.07, 6.45) is 1.75. The van der Waals surface area contributed by atoms with Crippen molar-refractivity contribution in [2.75, 3.05) is 37.5 Å².